The van der Waals surface area contributed by atoms with Gasteiger partial charge >= 0.3 is 5.97 Å². The van der Waals surface area contributed by atoms with Crippen LogP contribution in [0.15, 0.2) is 48.7 Å². The SMILES string of the molecule is CCc1cccc2c(C(=O)COC(=O)COc3ccccc3C#N)c[nH]c12. The Morgan fingerprint density at radius 1 is 1.11 bits per heavy atom. The van der Waals surface area contributed by atoms with E-state index < -0.39 is 5.97 Å². The molecule has 3 aromatic rings. The van der Waals surface area contributed by atoms with Gasteiger partial charge in [-0.3, -0.25) is 4.79 Å². The minimum atomic E-state index is -0.676. The topological polar surface area (TPSA) is 92.2 Å². The molecule has 0 unspecified atom stereocenters. The van der Waals surface area contributed by atoms with E-state index >= 15 is 0 Å². The molecule has 6 heteroatoms. The van der Waals surface area contributed by atoms with E-state index in [2.05, 4.69) is 4.98 Å². The zero-order chi connectivity index (χ0) is 19.2. The average Bonchev–Trinajstić information content (AvgIpc) is 3.15. The molecular weight excluding hydrogens is 344 g/mol. The van der Waals surface area contributed by atoms with Crippen LogP contribution >= 0.6 is 0 Å². The summed E-state index contributed by atoms with van der Waals surface area (Å²) in [6.07, 6.45) is 2.49. The molecule has 136 valence electrons. The molecular formula is C21H18N2O4. The molecule has 0 saturated carbocycles. The normalized spacial score (nSPS) is 10.4. The van der Waals surface area contributed by atoms with Crippen LogP contribution in [0, 0.1) is 11.3 Å². The van der Waals surface area contributed by atoms with Crippen molar-refractivity contribution in [1.82, 2.24) is 4.98 Å². The fourth-order valence-electron chi connectivity index (χ4n) is 2.83. The molecule has 0 fully saturated rings. The van der Waals surface area contributed by atoms with Gasteiger partial charge in [-0.1, -0.05) is 37.3 Å². The lowest BCUT2D eigenvalue weighted by molar-refractivity contribution is -0.144. The third-order valence-electron chi connectivity index (χ3n) is 4.20. The Kier molecular flexibility index (Phi) is 5.53. The van der Waals surface area contributed by atoms with Crippen molar-refractivity contribution >= 4 is 22.7 Å². The van der Waals surface area contributed by atoms with Crippen molar-refractivity contribution in [2.45, 2.75) is 13.3 Å². The highest BCUT2D eigenvalue weighted by Crippen LogP contribution is 2.22. The van der Waals surface area contributed by atoms with E-state index in [1.807, 2.05) is 31.2 Å². The van der Waals surface area contributed by atoms with Crippen LogP contribution in [0.1, 0.15) is 28.4 Å². The maximum atomic E-state index is 12.4. The molecule has 0 aliphatic carbocycles. The van der Waals surface area contributed by atoms with Crippen LogP contribution in [-0.2, 0) is 16.0 Å². The van der Waals surface area contributed by atoms with Crippen molar-refractivity contribution < 1.29 is 19.1 Å². The van der Waals surface area contributed by atoms with Crippen molar-refractivity contribution in [3.05, 3.63) is 65.4 Å². The highest BCUT2D eigenvalue weighted by atomic mass is 16.6. The van der Waals surface area contributed by atoms with E-state index in [9.17, 15) is 9.59 Å². The summed E-state index contributed by atoms with van der Waals surface area (Å²) in [6.45, 7) is 1.30. The minimum absolute atomic E-state index is 0.291. The summed E-state index contributed by atoms with van der Waals surface area (Å²) < 4.78 is 10.3. The number of esters is 1. The van der Waals surface area contributed by atoms with Crippen molar-refractivity contribution in [2.75, 3.05) is 13.2 Å². The second-order valence-corrected chi connectivity index (χ2v) is 5.88. The summed E-state index contributed by atoms with van der Waals surface area (Å²) in [5.74, 6) is -0.669. The summed E-state index contributed by atoms with van der Waals surface area (Å²) in [4.78, 5) is 27.4. The number of nitriles is 1. The number of fused-ring (bicyclic) bond motifs is 1. The first-order valence-electron chi connectivity index (χ1n) is 8.53. The molecule has 27 heavy (non-hydrogen) atoms. The van der Waals surface area contributed by atoms with Crippen LogP contribution in [-0.4, -0.2) is 30.0 Å². The van der Waals surface area contributed by atoms with Gasteiger partial charge in [0.1, 0.15) is 11.8 Å². The number of nitrogens with one attached hydrogen (secondary N) is 1. The molecule has 0 aliphatic heterocycles. The predicted octanol–water partition coefficient (Wildman–Crippen LogP) is 3.41. The number of carbonyl (C=O) groups is 2. The molecule has 0 spiro atoms. The van der Waals surface area contributed by atoms with E-state index in [1.165, 1.54) is 0 Å². The third kappa shape index (κ3) is 3.98. The first-order valence-corrected chi connectivity index (χ1v) is 8.53. The molecule has 1 heterocycles. The van der Waals surface area contributed by atoms with Gasteiger partial charge in [-0.15, -0.1) is 0 Å². The lowest BCUT2D eigenvalue weighted by Crippen LogP contribution is -2.19. The highest BCUT2D eigenvalue weighted by Gasteiger charge is 2.16. The Labute approximate surface area is 156 Å². The smallest absolute Gasteiger partial charge is 0.344 e. The summed E-state index contributed by atoms with van der Waals surface area (Å²) >= 11 is 0. The number of H-pyrrole nitrogens is 1. The largest absolute Gasteiger partial charge is 0.481 e. The molecule has 6 nitrogen and oxygen atoms in total. The molecule has 1 N–H and O–H groups in total. The monoisotopic (exact) mass is 362 g/mol. The van der Waals surface area contributed by atoms with Gasteiger partial charge < -0.3 is 14.5 Å². The number of aromatic nitrogens is 1. The fourth-order valence-corrected chi connectivity index (χ4v) is 2.83. The number of aromatic amines is 1. The Morgan fingerprint density at radius 3 is 2.70 bits per heavy atom. The molecule has 0 amide bonds. The van der Waals surface area contributed by atoms with Crippen LogP contribution in [0.5, 0.6) is 5.75 Å². The number of aryl methyl sites for hydroxylation is 1. The lowest BCUT2D eigenvalue weighted by atomic mass is 10.1. The first-order chi connectivity index (χ1) is 13.1. The van der Waals surface area contributed by atoms with Gasteiger partial charge in [0.15, 0.2) is 13.2 Å². The molecule has 0 saturated heterocycles. The maximum Gasteiger partial charge on any atom is 0.344 e. The van der Waals surface area contributed by atoms with Crippen molar-refractivity contribution in [3.63, 3.8) is 0 Å². The van der Waals surface area contributed by atoms with Gasteiger partial charge in [-0.25, -0.2) is 4.79 Å². The van der Waals surface area contributed by atoms with Gasteiger partial charge in [0.2, 0.25) is 5.78 Å². The standard InChI is InChI=1S/C21H18N2O4/c1-2-14-7-5-8-16-17(11-23-21(14)16)18(24)12-27-20(25)13-26-19-9-4-3-6-15(19)10-22/h3-9,11,23H,2,12-13H2,1H3. The van der Waals surface area contributed by atoms with E-state index in [1.54, 1.807) is 30.5 Å². The number of benzene rings is 2. The maximum absolute atomic E-state index is 12.4. The molecule has 0 aliphatic rings. The Bertz CT molecular complexity index is 1030. The van der Waals surface area contributed by atoms with Crippen LogP contribution < -0.4 is 4.74 Å². The van der Waals surface area contributed by atoms with E-state index in [4.69, 9.17) is 14.7 Å². The number of ether oxygens (including phenoxy) is 2. The van der Waals surface area contributed by atoms with E-state index in [0.717, 1.165) is 22.9 Å². The number of hydrogen-bond donors (Lipinski definition) is 1. The number of hydrogen-bond acceptors (Lipinski definition) is 5. The zero-order valence-electron chi connectivity index (χ0n) is 14.8. The number of rotatable bonds is 7. The Morgan fingerprint density at radius 2 is 1.93 bits per heavy atom. The molecule has 0 radical (unpaired) electrons. The summed E-state index contributed by atoms with van der Waals surface area (Å²) in [5, 5.41) is 9.81. The van der Waals surface area contributed by atoms with Gasteiger partial charge in [-0.05, 0) is 24.1 Å². The number of para-hydroxylation sites is 2. The summed E-state index contributed by atoms with van der Waals surface area (Å²) in [7, 11) is 0. The summed E-state index contributed by atoms with van der Waals surface area (Å²) in [5.41, 5.74) is 2.86. The average molecular weight is 362 g/mol. The van der Waals surface area contributed by atoms with Crippen molar-refractivity contribution in [3.8, 4) is 11.8 Å². The van der Waals surface area contributed by atoms with Crippen LogP contribution in [0.4, 0.5) is 0 Å². The molecule has 3 rings (SSSR count). The Hall–Kier alpha value is -3.59. The van der Waals surface area contributed by atoms with E-state index in [-0.39, 0.29) is 19.0 Å². The second kappa shape index (κ2) is 8.19. The van der Waals surface area contributed by atoms with Gasteiger partial charge in [-0.2, -0.15) is 5.26 Å². The van der Waals surface area contributed by atoms with Crippen molar-refractivity contribution in [1.29, 1.82) is 5.26 Å². The van der Waals surface area contributed by atoms with Gasteiger partial charge in [0.25, 0.3) is 0 Å². The van der Waals surface area contributed by atoms with Gasteiger partial charge in [0.05, 0.1) is 5.56 Å². The highest BCUT2D eigenvalue weighted by molar-refractivity contribution is 6.09. The first kappa shape index (κ1) is 18.2. The molecule has 1 aromatic heterocycles. The predicted molar refractivity (Wildman–Crippen MR) is 99.6 cm³/mol. The number of Topliss-reactive ketones (excluding diaryl/α,β-unsaturated/α-hetero) is 1. The second-order valence-electron chi connectivity index (χ2n) is 5.88. The summed E-state index contributed by atoms with van der Waals surface area (Å²) in [6, 6.07) is 14.3. The van der Waals surface area contributed by atoms with Crippen LogP contribution in [0.2, 0.25) is 0 Å². The van der Waals surface area contributed by atoms with Crippen LogP contribution in [0.3, 0.4) is 0 Å². The number of nitrogens with zero attached hydrogens (tertiary/aromatic N) is 1. The number of ketones is 1. The Balaban J connectivity index is 1.59. The van der Waals surface area contributed by atoms with Gasteiger partial charge in [0, 0.05) is 22.7 Å². The fraction of sp³-hybridized carbons (Fsp3) is 0.190. The van der Waals surface area contributed by atoms with E-state index in [0.29, 0.717) is 16.9 Å². The molecule has 0 bridgehead atoms. The third-order valence-corrected chi connectivity index (χ3v) is 4.20. The van der Waals surface area contributed by atoms with Crippen LogP contribution in [0.25, 0.3) is 10.9 Å². The van der Waals surface area contributed by atoms with Crippen molar-refractivity contribution in [2.24, 2.45) is 0 Å². The molecule has 0 atom stereocenters. The number of carbonyl (C=O) groups excluding carboxylic acids is 2. The minimum Gasteiger partial charge on any atom is -0.481 e. The lowest BCUT2D eigenvalue weighted by Gasteiger charge is -2.07. The zero-order valence-corrected chi connectivity index (χ0v) is 14.8. The quantitative estimate of drug-likeness (QED) is 0.514. The molecule has 2 aromatic carbocycles.